The number of hydrogen-bond acceptors (Lipinski definition) is 6. The molecule has 38 heavy (non-hydrogen) atoms. The number of rotatable bonds is 13. The number of sulfonamides is 1. The van der Waals surface area contributed by atoms with Crippen molar-refractivity contribution in [3.05, 3.63) is 58.6 Å². The minimum absolute atomic E-state index is 0.0296. The Kier molecular flexibility index (Phi) is 10.8. The fourth-order valence-electron chi connectivity index (χ4n) is 4.67. The van der Waals surface area contributed by atoms with Crippen molar-refractivity contribution >= 4 is 29.2 Å². The Hall–Kier alpha value is -1.55. The van der Waals surface area contributed by atoms with Crippen LogP contribution in [0, 0.1) is 5.92 Å². The summed E-state index contributed by atoms with van der Waals surface area (Å²) in [5, 5.41) is -0.362. The average molecular weight is 594 g/mol. The number of nitrogens with zero attached hydrogens (tertiary/aromatic N) is 1. The highest BCUT2D eigenvalue weighted by Gasteiger charge is 2.55. The number of para-hydroxylation sites is 1. The monoisotopic (exact) mass is 593 g/mol. The highest BCUT2D eigenvalue weighted by molar-refractivity contribution is 7.89. The predicted octanol–water partition coefficient (Wildman–Crippen LogP) is 7.44. The van der Waals surface area contributed by atoms with Crippen LogP contribution in [-0.4, -0.2) is 39.6 Å². The molecule has 0 aliphatic heterocycles. The van der Waals surface area contributed by atoms with E-state index >= 15 is 8.78 Å². The number of halogens is 3. The van der Waals surface area contributed by atoms with Crippen LogP contribution in [0.4, 0.5) is 8.78 Å². The van der Waals surface area contributed by atoms with E-state index in [0.29, 0.717) is 5.56 Å². The van der Waals surface area contributed by atoms with E-state index in [1.165, 1.54) is 43.5 Å². The molecule has 0 saturated heterocycles. The molecule has 2 aromatic rings. The van der Waals surface area contributed by atoms with E-state index in [1.807, 2.05) is 0 Å². The van der Waals surface area contributed by atoms with Crippen LogP contribution in [-0.2, 0) is 35.8 Å². The van der Waals surface area contributed by atoms with Crippen LogP contribution < -0.4 is 4.74 Å². The van der Waals surface area contributed by atoms with Crippen LogP contribution >= 0.6 is 19.2 Å². The van der Waals surface area contributed by atoms with Gasteiger partial charge in [-0.05, 0) is 56.4 Å². The van der Waals surface area contributed by atoms with Crippen LogP contribution in [0.5, 0.6) is 5.75 Å². The Balaban J connectivity index is 1.97. The minimum Gasteiger partial charge on any atom is -0.495 e. The minimum atomic E-state index is -4.85. The number of benzene rings is 2. The Morgan fingerprint density at radius 3 is 2.26 bits per heavy atom. The van der Waals surface area contributed by atoms with Gasteiger partial charge < -0.3 is 13.8 Å². The molecule has 0 spiro atoms. The van der Waals surface area contributed by atoms with Crippen molar-refractivity contribution in [1.82, 2.24) is 4.31 Å². The molecule has 1 aliphatic carbocycles. The van der Waals surface area contributed by atoms with E-state index in [-0.39, 0.29) is 47.9 Å². The van der Waals surface area contributed by atoms with Crippen molar-refractivity contribution in [2.75, 3.05) is 26.9 Å². The lowest BCUT2D eigenvalue weighted by atomic mass is 9.89. The van der Waals surface area contributed by atoms with Crippen molar-refractivity contribution in [3.8, 4) is 5.75 Å². The quantitative estimate of drug-likeness (QED) is 0.225. The van der Waals surface area contributed by atoms with E-state index in [9.17, 15) is 13.0 Å². The van der Waals surface area contributed by atoms with Gasteiger partial charge in [0.1, 0.15) is 10.6 Å². The standard InChI is InChI=1S/C26H35ClF2NO6PS/c1-4-35-37(31,36-5-2)26(28,29)22-16-15-21(17-23(22)27)19-30(18-20-11-7-6-8-12-20)38(32,33)25-14-10-9-13-24(25)34-3/h9-10,13-17,20H,4-8,11-12,18-19H2,1-3H3. The van der Waals surface area contributed by atoms with E-state index in [1.54, 1.807) is 18.2 Å². The van der Waals surface area contributed by atoms with Gasteiger partial charge in [-0.25, -0.2) is 8.42 Å². The second kappa shape index (κ2) is 13.2. The third-order valence-corrected chi connectivity index (χ3v) is 10.8. The number of hydrogen-bond donors (Lipinski definition) is 0. The first-order chi connectivity index (χ1) is 18.0. The van der Waals surface area contributed by atoms with Gasteiger partial charge in [-0.2, -0.15) is 13.1 Å². The highest BCUT2D eigenvalue weighted by Crippen LogP contribution is 2.67. The topological polar surface area (TPSA) is 82.1 Å². The van der Waals surface area contributed by atoms with Gasteiger partial charge >= 0.3 is 13.3 Å². The summed E-state index contributed by atoms with van der Waals surface area (Å²) in [5.41, 5.74) is -4.30. The maximum atomic E-state index is 15.3. The van der Waals surface area contributed by atoms with Crippen LogP contribution in [0.2, 0.25) is 5.02 Å². The summed E-state index contributed by atoms with van der Waals surface area (Å²) in [6.07, 6.45) is 5.00. The highest BCUT2D eigenvalue weighted by atomic mass is 35.5. The Morgan fingerprint density at radius 1 is 1.05 bits per heavy atom. The van der Waals surface area contributed by atoms with E-state index in [2.05, 4.69) is 0 Å². The number of ether oxygens (including phenoxy) is 1. The summed E-state index contributed by atoms with van der Waals surface area (Å²) in [7, 11) is -7.45. The first kappa shape index (κ1) is 31.0. The van der Waals surface area contributed by atoms with Gasteiger partial charge in [0.25, 0.3) is 0 Å². The molecule has 0 atom stereocenters. The summed E-state index contributed by atoms with van der Waals surface area (Å²) in [6, 6.07) is 10.1. The Morgan fingerprint density at radius 2 is 1.68 bits per heavy atom. The maximum Gasteiger partial charge on any atom is 0.404 e. The van der Waals surface area contributed by atoms with E-state index in [4.69, 9.17) is 25.4 Å². The number of alkyl halides is 2. The van der Waals surface area contributed by atoms with Crippen LogP contribution in [0.1, 0.15) is 57.1 Å². The SMILES string of the molecule is CCOP(=O)(OCC)C(F)(F)c1ccc(CN(CC2CCCCC2)S(=O)(=O)c2ccccc2OC)cc1Cl. The largest absolute Gasteiger partial charge is 0.495 e. The molecule has 0 amide bonds. The molecule has 0 radical (unpaired) electrons. The Bertz CT molecular complexity index is 1230. The lowest BCUT2D eigenvalue weighted by Gasteiger charge is -2.30. The second-order valence-corrected chi connectivity index (χ2v) is 13.5. The molecule has 1 saturated carbocycles. The fourth-order valence-corrected chi connectivity index (χ4v) is 8.28. The molecule has 0 unspecified atom stereocenters. The summed E-state index contributed by atoms with van der Waals surface area (Å²) in [6.45, 7) is 2.60. The van der Waals surface area contributed by atoms with Gasteiger partial charge in [-0.3, -0.25) is 4.57 Å². The van der Waals surface area contributed by atoms with Crippen LogP contribution in [0.3, 0.4) is 0 Å². The molecule has 0 bridgehead atoms. The summed E-state index contributed by atoms with van der Waals surface area (Å²) >= 11 is 6.27. The van der Waals surface area contributed by atoms with E-state index in [0.717, 1.165) is 38.2 Å². The molecule has 12 heteroatoms. The van der Waals surface area contributed by atoms with Crippen molar-refractivity contribution in [1.29, 1.82) is 0 Å². The number of methoxy groups -OCH3 is 1. The molecule has 0 heterocycles. The molecule has 7 nitrogen and oxygen atoms in total. The first-order valence-electron chi connectivity index (χ1n) is 12.7. The molecule has 2 aromatic carbocycles. The third-order valence-electron chi connectivity index (χ3n) is 6.53. The molecule has 1 fully saturated rings. The van der Waals surface area contributed by atoms with Crippen molar-refractivity contribution in [2.24, 2.45) is 5.92 Å². The van der Waals surface area contributed by atoms with Crippen LogP contribution in [0.25, 0.3) is 0 Å². The van der Waals surface area contributed by atoms with Crippen molar-refractivity contribution in [2.45, 2.75) is 63.1 Å². The summed E-state index contributed by atoms with van der Waals surface area (Å²) in [4.78, 5) is 0.0296. The fraction of sp³-hybridized carbons (Fsp3) is 0.538. The molecular formula is C26H35ClF2NO6PS. The van der Waals surface area contributed by atoms with Gasteiger partial charge in [0.2, 0.25) is 10.0 Å². The molecule has 0 N–H and O–H groups in total. The van der Waals surface area contributed by atoms with Crippen molar-refractivity contribution in [3.63, 3.8) is 0 Å². The summed E-state index contributed by atoms with van der Waals surface area (Å²) < 4.78 is 87.5. The zero-order valence-electron chi connectivity index (χ0n) is 21.9. The summed E-state index contributed by atoms with van der Waals surface area (Å²) in [5.74, 6) is 0.396. The molecule has 212 valence electrons. The van der Waals surface area contributed by atoms with Gasteiger partial charge in [-0.15, -0.1) is 0 Å². The maximum absolute atomic E-state index is 15.3. The van der Waals surface area contributed by atoms with Crippen molar-refractivity contribution < 1.29 is 35.5 Å². The normalized spacial score (nSPS) is 15.7. The second-order valence-electron chi connectivity index (χ2n) is 9.14. The van der Waals surface area contributed by atoms with Crippen LogP contribution in [0.15, 0.2) is 47.4 Å². The lowest BCUT2D eigenvalue weighted by molar-refractivity contribution is 0.0361. The Labute approximate surface area is 229 Å². The smallest absolute Gasteiger partial charge is 0.404 e. The zero-order chi connectivity index (χ0) is 28.0. The van der Waals surface area contributed by atoms with Gasteiger partial charge in [0, 0.05) is 13.1 Å². The van der Waals surface area contributed by atoms with E-state index < -0.39 is 28.8 Å². The van der Waals surface area contributed by atoms with Gasteiger partial charge in [0.05, 0.1) is 30.9 Å². The average Bonchev–Trinajstić information content (AvgIpc) is 2.89. The predicted molar refractivity (Wildman–Crippen MR) is 143 cm³/mol. The zero-order valence-corrected chi connectivity index (χ0v) is 24.3. The molecule has 3 rings (SSSR count). The first-order valence-corrected chi connectivity index (χ1v) is 16.0. The molecular weight excluding hydrogens is 559 g/mol. The van der Waals surface area contributed by atoms with Gasteiger partial charge in [-0.1, -0.05) is 55.1 Å². The van der Waals surface area contributed by atoms with Gasteiger partial charge in [0.15, 0.2) is 0 Å². The lowest BCUT2D eigenvalue weighted by Crippen LogP contribution is -2.36. The molecule has 1 aliphatic rings. The molecule has 0 aromatic heterocycles. The third kappa shape index (κ3) is 6.77.